The van der Waals surface area contributed by atoms with E-state index in [4.69, 9.17) is 17.3 Å². The lowest BCUT2D eigenvalue weighted by Gasteiger charge is -2.08. The van der Waals surface area contributed by atoms with Crippen molar-refractivity contribution in [3.63, 3.8) is 0 Å². The maximum atomic E-state index is 6.21. The normalized spacial score (nSPS) is 13.1. The molecule has 15 heavy (non-hydrogen) atoms. The molecule has 1 atom stereocenters. The predicted octanol–water partition coefficient (Wildman–Crippen LogP) is 4.13. The van der Waals surface area contributed by atoms with Crippen molar-refractivity contribution in [1.82, 2.24) is 0 Å². The van der Waals surface area contributed by atoms with Crippen LogP contribution in [0.15, 0.2) is 17.5 Å². The maximum Gasteiger partial charge on any atom is 0.0961 e. The molecule has 0 saturated heterocycles. The van der Waals surface area contributed by atoms with Crippen molar-refractivity contribution in [2.24, 2.45) is 5.73 Å². The van der Waals surface area contributed by atoms with Gasteiger partial charge in [0.1, 0.15) is 0 Å². The fourth-order valence-corrected chi connectivity index (χ4v) is 3.72. The molecular weight excluding hydrogens is 246 g/mol. The highest BCUT2D eigenvalue weighted by Crippen LogP contribution is 2.35. The minimum Gasteiger partial charge on any atom is -0.319 e. The number of nitrogens with two attached hydrogens (primary N) is 1. The van der Waals surface area contributed by atoms with E-state index in [1.165, 1.54) is 10.4 Å². The largest absolute Gasteiger partial charge is 0.319 e. The molecular formula is C11H12ClNS2. The molecule has 0 aliphatic rings. The minimum atomic E-state index is -0.0267. The fourth-order valence-electron chi connectivity index (χ4n) is 1.47. The molecule has 2 rings (SSSR count). The van der Waals surface area contributed by atoms with Gasteiger partial charge in [0.05, 0.1) is 10.4 Å². The summed E-state index contributed by atoms with van der Waals surface area (Å²) in [6.45, 7) is 4.10. The first-order chi connectivity index (χ1) is 7.09. The Bertz CT molecular complexity index is 453. The third-order valence-electron chi connectivity index (χ3n) is 2.37. The van der Waals surface area contributed by atoms with Crippen LogP contribution < -0.4 is 5.73 Å². The topological polar surface area (TPSA) is 26.0 Å². The SMILES string of the molecule is Cc1cc(C(N)c2sccc2C)sc1Cl. The molecule has 2 aromatic rings. The summed E-state index contributed by atoms with van der Waals surface area (Å²) in [4.78, 5) is 2.37. The Hall–Kier alpha value is -0.350. The van der Waals surface area contributed by atoms with Crippen molar-refractivity contribution in [1.29, 1.82) is 0 Å². The molecule has 0 aliphatic heterocycles. The Morgan fingerprint density at radius 3 is 2.53 bits per heavy atom. The van der Waals surface area contributed by atoms with Crippen LogP contribution in [0.3, 0.4) is 0 Å². The van der Waals surface area contributed by atoms with E-state index < -0.39 is 0 Å². The van der Waals surface area contributed by atoms with Crippen LogP contribution in [0.5, 0.6) is 0 Å². The van der Waals surface area contributed by atoms with Crippen LogP contribution in [0.1, 0.15) is 26.9 Å². The van der Waals surface area contributed by atoms with Gasteiger partial charge < -0.3 is 5.73 Å². The van der Waals surface area contributed by atoms with Gasteiger partial charge in [0.2, 0.25) is 0 Å². The Balaban J connectivity index is 2.36. The van der Waals surface area contributed by atoms with Crippen LogP contribution in [0.25, 0.3) is 0 Å². The standard InChI is InChI=1S/C11H12ClNS2/c1-6-3-4-14-10(6)9(13)8-5-7(2)11(12)15-8/h3-5,9H,13H2,1-2H3. The van der Waals surface area contributed by atoms with Gasteiger partial charge in [-0.2, -0.15) is 0 Å². The van der Waals surface area contributed by atoms with Crippen molar-refractivity contribution < 1.29 is 0 Å². The summed E-state index contributed by atoms with van der Waals surface area (Å²) in [7, 11) is 0. The fraction of sp³-hybridized carbons (Fsp3) is 0.273. The van der Waals surface area contributed by atoms with Gasteiger partial charge in [-0.05, 0) is 42.5 Å². The van der Waals surface area contributed by atoms with Crippen LogP contribution in [0.4, 0.5) is 0 Å². The van der Waals surface area contributed by atoms with E-state index in [1.54, 1.807) is 22.7 Å². The number of hydrogen-bond donors (Lipinski definition) is 1. The summed E-state index contributed by atoms with van der Waals surface area (Å²) in [5.41, 5.74) is 8.58. The molecule has 0 bridgehead atoms. The van der Waals surface area contributed by atoms with Gasteiger partial charge in [0, 0.05) is 9.75 Å². The number of aryl methyl sites for hydroxylation is 2. The lowest BCUT2D eigenvalue weighted by molar-refractivity contribution is 0.907. The molecule has 0 saturated carbocycles. The van der Waals surface area contributed by atoms with Crippen molar-refractivity contribution in [3.8, 4) is 0 Å². The van der Waals surface area contributed by atoms with Gasteiger partial charge in [-0.15, -0.1) is 22.7 Å². The highest BCUT2D eigenvalue weighted by Gasteiger charge is 2.16. The van der Waals surface area contributed by atoms with Crippen LogP contribution in [0.2, 0.25) is 4.34 Å². The van der Waals surface area contributed by atoms with E-state index >= 15 is 0 Å². The molecule has 0 fully saturated rings. The summed E-state index contributed by atoms with van der Waals surface area (Å²) in [6, 6.07) is 4.15. The van der Waals surface area contributed by atoms with Gasteiger partial charge in [-0.25, -0.2) is 0 Å². The van der Waals surface area contributed by atoms with Crippen molar-refractivity contribution >= 4 is 34.3 Å². The van der Waals surface area contributed by atoms with Crippen LogP contribution in [-0.4, -0.2) is 0 Å². The van der Waals surface area contributed by atoms with Crippen molar-refractivity contribution in [3.05, 3.63) is 42.7 Å². The zero-order valence-corrected chi connectivity index (χ0v) is 11.0. The summed E-state index contributed by atoms with van der Waals surface area (Å²) in [6.07, 6.45) is 0. The van der Waals surface area contributed by atoms with E-state index in [-0.39, 0.29) is 6.04 Å². The van der Waals surface area contributed by atoms with Crippen molar-refractivity contribution in [2.45, 2.75) is 19.9 Å². The Kier molecular flexibility index (Phi) is 3.16. The number of rotatable bonds is 2. The summed E-state index contributed by atoms with van der Waals surface area (Å²) < 4.78 is 0.842. The predicted molar refractivity (Wildman–Crippen MR) is 69.2 cm³/mol. The van der Waals surface area contributed by atoms with Crippen LogP contribution >= 0.6 is 34.3 Å². The molecule has 0 amide bonds. The number of thiophene rings is 2. The van der Waals surface area contributed by atoms with Crippen molar-refractivity contribution in [2.75, 3.05) is 0 Å². The van der Waals surface area contributed by atoms with Crippen LogP contribution in [0, 0.1) is 13.8 Å². The quantitative estimate of drug-likeness (QED) is 0.860. The molecule has 0 aromatic carbocycles. The second-order valence-electron chi connectivity index (χ2n) is 3.55. The number of hydrogen-bond acceptors (Lipinski definition) is 3. The average Bonchev–Trinajstić information content (AvgIpc) is 2.74. The molecule has 0 aliphatic carbocycles. The highest BCUT2D eigenvalue weighted by molar-refractivity contribution is 7.16. The average molecular weight is 258 g/mol. The Morgan fingerprint density at radius 1 is 1.33 bits per heavy atom. The van der Waals surface area contributed by atoms with E-state index in [9.17, 15) is 0 Å². The first kappa shape index (κ1) is 11.1. The van der Waals surface area contributed by atoms with E-state index in [0.29, 0.717) is 0 Å². The van der Waals surface area contributed by atoms with E-state index in [1.807, 2.05) is 6.92 Å². The first-order valence-corrected chi connectivity index (χ1v) is 6.72. The Morgan fingerprint density at radius 2 is 2.07 bits per heavy atom. The second kappa shape index (κ2) is 4.26. The van der Waals surface area contributed by atoms with Gasteiger partial charge >= 0.3 is 0 Å². The lowest BCUT2D eigenvalue weighted by atomic mass is 10.1. The lowest BCUT2D eigenvalue weighted by Crippen LogP contribution is -2.09. The summed E-state index contributed by atoms with van der Waals surface area (Å²) in [5.74, 6) is 0. The molecule has 2 N–H and O–H groups in total. The van der Waals surface area contributed by atoms with E-state index in [0.717, 1.165) is 14.8 Å². The third-order valence-corrected chi connectivity index (χ3v) is 5.11. The maximum absolute atomic E-state index is 6.21. The van der Waals surface area contributed by atoms with E-state index in [2.05, 4.69) is 24.4 Å². The van der Waals surface area contributed by atoms with Gasteiger partial charge in [-0.1, -0.05) is 11.6 Å². The third kappa shape index (κ3) is 2.11. The molecule has 80 valence electrons. The molecule has 0 radical (unpaired) electrons. The number of halogens is 1. The molecule has 2 aromatic heterocycles. The smallest absolute Gasteiger partial charge is 0.0961 e. The zero-order chi connectivity index (χ0) is 11.0. The minimum absolute atomic E-state index is 0.0267. The summed E-state index contributed by atoms with van der Waals surface area (Å²) in [5, 5.41) is 2.08. The molecule has 4 heteroatoms. The highest BCUT2D eigenvalue weighted by atomic mass is 35.5. The summed E-state index contributed by atoms with van der Waals surface area (Å²) >= 11 is 9.32. The molecule has 2 heterocycles. The molecule has 1 nitrogen and oxygen atoms in total. The zero-order valence-electron chi connectivity index (χ0n) is 8.58. The molecule has 1 unspecified atom stereocenters. The second-order valence-corrected chi connectivity index (χ2v) is 6.18. The van der Waals surface area contributed by atoms with Crippen LogP contribution in [-0.2, 0) is 0 Å². The van der Waals surface area contributed by atoms with Gasteiger partial charge in [0.15, 0.2) is 0 Å². The van der Waals surface area contributed by atoms with Gasteiger partial charge in [0.25, 0.3) is 0 Å². The van der Waals surface area contributed by atoms with Gasteiger partial charge in [-0.3, -0.25) is 0 Å². The molecule has 0 spiro atoms. The Labute approximate surface area is 103 Å². The monoisotopic (exact) mass is 257 g/mol. The first-order valence-electron chi connectivity index (χ1n) is 4.65.